The van der Waals surface area contributed by atoms with E-state index in [0.717, 1.165) is 42.7 Å². The van der Waals surface area contributed by atoms with Crippen molar-refractivity contribution in [2.45, 2.75) is 27.2 Å². The molecule has 0 saturated heterocycles. The average molecular weight is 451 g/mol. The summed E-state index contributed by atoms with van der Waals surface area (Å²) in [4.78, 5) is 34.2. The first-order valence-corrected chi connectivity index (χ1v) is 11.7. The number of carbonyl (C=O) groups excluding carboxylic acids is 2. The normalized spacial score (nSPS) is 14.8. The van der Waals surface area contributed by atoms with E-state index in [-0.39, 0.29) is 18.5 Å². The number of nitrogens with zero attached hydrogens (tertiary/aromatic N) is 3. The topological polar surface area (TPSA) is 74.2 Å². The van der Waals surface area contributed by atoms with Gasteiger partial charge in [0.15, 0.2) is 0 Å². The van der Waals surface area contributed by atoms with Crippen molar-refractivity contribution in [3.8, 4) is 5.75 Å². The highest BCUT2D eigenvalue weighted by Crippen LogP contribution is 2.13. The Bertz CT molecular complexity index is 1050. The van der Waals surface area contributed by atoms with Crippen LogP contribution < -0.4 is 20.6 Å². The van der Waals surface area contributed by atoms with Crippen LogP contribution in [0.3, 0.4) is 0 Å². The predicted molar refractivity (Wildman–Crippen MR) is 131 cm³/mol. The summed E-state index contributed by atoms with van der Waals surface area (Å²) >= 11 is 0. The maximum absolute atomic E-state index is 13.1. The molecule has 0 fully saturated rings. The number of carbonyl (C=O) groups is 2. The van der Waals surface area contributed by atoms with Gasteiger partial charge >= 0.3 is 6.03 Å². The van der Waals surface area contributed by atoms with Crippen LogP contribution in [0.2, 0.25) is 0 Å². The maximum atomic E-state index is 13.1. The summed E-state index contributed by atoms with van der Waals surface area (Å²) in [5, 5.41) is 4.45. The average Bonchev–Trinajstić information content (AvgIpc) is 2.82. The van der Waals surface area contributed by atoms with E-state index in [4.69, 9.17) is 4.74 Å². The van der Waals surface area contributed by atoms with Crippen LogP contribution in [0, 0.1) is 5.92 Å². The first-order chi connectivity index (χ1) is 16.0. The van der Waals surface area contributed by atoms with Gasteiger partial charge in [0.25, 0.3) is 5.91 Å². The molecule has 0 aliphatic carbocycles. The van der Waals surface area contributed by atoms with Crippen molar-refractivity contribution in [2.24, 2.45) is 10.9 Å². The van der Waals surface area contributed by atoms with E-state index in [0.29, 0.717) is 18.5 Å². The second-order valence-corrected chi connectivity index (χ2v) is 8.00. The molecular formula is C26H34N4O3. The molecule has 7 heteroatoms. The van der Waals surface area contributed by atoms with E-state index in [1.807, 2.05) is 55.5 Å². The number of fused-ring (bicyclic) bond motifs is 1. The zero-order valence-electron chi connectivity index (χ0n) is 19.8. The molecular weight excluding hydrogens is 416 g/mol. The molecule has 2 aromatic carbocycles. The SMILES string of the molecule is CCOc1ccc2c(c1)=CC(CN(CCCN(CC)CC)C(=O)Nc1ccccc1)C(=O)N=2. The molecule has 1 heterocycles. The molecule has 1 unspecified atom stereocenters. The van der Waals surface area contributed by atoms with Gasteiger partial charge in [-0.25, -0.2) is 9.79 Å². The number of urea groups is 1. The summed E-state index contributed by atoms with van der Waals surface area (Å²) in [7, 11) is 0. The fraction of sp³-hybridized carbons (Fsp3) is 0.423. The molecule has 176 valence electrons. The second-order valence-electron chi connectivity index (χ2n) is 8.00. The van der Waals surface area contributed by atoms with Crippen molar-refractivity contribution in [1.29, 1.82) is 0 Å². The molecule has 0 radical (unpaired) electrons. The van der Waals surface area contributed by atoms with Crippen molar-refractivity contribution >= 4 is 23.7 Å². The van der Waals surface area contributed by atoms with Crippen LogP contribution in [-0.2, 0) is 4.79 Å². The summed E-state index contributed by atoms with van der Waals surface area (Å²) in [5.41, 5.74) is 0.728. The van der Waals surface area contributed by atoms with Gasteiger partial charge in [0, 0.05) is 24.0 Å². The van der Waals surface area contributed by atoms with Gasteiger partial charge in [-0.2, -0.15) is 0 Å². The summed E-state index contributed by atoms with van der Waals surface area (Å²) in [5.74, 6) is 0.0194. The maximum Gasteiger partial charge on any atom is 0.321 e. The molecule has 7 nitrogen and oxygen atoms in total. The van der Waals surface area contributed by atoms with E-state index < -0.39 is 5.92 Å². The van der Waals surface area contributed by atoms with Crippen LogP contribution in [0.4, 0.5) is 10.5 Å². The summed E-state index contributed by atoms with van der Waals surface area (Å²) in [6, 6.07) is 14.7. The van der Waals surface area contributed by atoms with Gasteiger partial charge in [0.1, 0.15) is 5.75 Å². The predicted octanol–water partition coefficient (Wildman–Crippen LogP) is 2.91. The Morgan fingerprint density at radius 1 is 1.06 bits per heavy atom. The van der Waals surface area contributed by atoms with Crippen molar-refractivity contribution < 1.29 is 14.3 Å². The lowest BCUT2D eigenvalue weighted by molar-refractivity contribution is -0.120. The van der Waals surface area contributed by atoms with Crippen molar-refractivity contribution in [3.05, 3.63) is 59.1 Å². The van der Waals surface area contributed by atoms with Gasteiger partial charge in [-0.05, 0) is 63.3 Å². The first-order valence-electron chi connectivity index (χ1n) is 11.7. The molecule has 1 aliphatic rings. The number of benzene rings is 2. The van der Waals surface area contributed by atoms with E-state index in [2.05, 4.69) is 29.1 Å². The number of anilines is 1. The Morgan fingerprint density at radius 2 is 1.82 bits per heavy atom. The van der Waals surface area contributed by atoms with Gasteiger partial charge in [-0.15, -0.1) is 0 Å². The van der Waals surface area contributed by atoms with E-state index in [1.165, 1.54) is 0 Å². The lowest BCUT2D eigenvalue weighted by atomic mass is 10.0. The second kappa shape index (κ2) is 12.2. The third-order valence-corrected chi connectivity index (χ3v) is 5.76. The first kappa shape index (κ1) is 24.5. The number of rotatable bonds is 11. The highest BCUT2D eigenvalue weighted by Gasteiger charge is 2.24. The molecule has 0 spiro atoms. The summed E-state index contributed by atoms with van der Waals surface area (Å²) in [6.45, 7) is 10.4. The van der Waals surface area contributed by atoms with Gasteiger partial charge in [0.05, 0.1) is 17.9 Å². The Hall–Kier alpha value is -3.19. The third-order valence-electron chi connectivity index (χ3n) is 5.76. The van der Waals surface area contributed by atoms with Crippen LogP contribution >= 0.6 is 0 Å². The zero-order chi connectivity index (χ0) is 23.6. The van der Waals surface area contributed by atoms with Crippen LogP contribution in [0.1, 0.15) is 27.2 Å². The summed E-state index contributed by atoms with van der Waals surface area (Å²) in [6.07, 6.45) is 2.73. The molecule has 0 saturated carbocycles. The largest absolute Gasteiger partial charge is 0.494 e. The Labute approximate surface area is 195 Å². The standard InChI is InChI=1S/C26H34N4O3/c1-4-29(5-2)15-10-16-30(26(32)27-22-11-8-7-9-12-22)19-21-17-20-18-23(33-6-3)13-14-24(20)28-25(21)31/h7-9,11-14,17-18,21H,4-6,10,15-16,19H2,1-3H3,(H,27,32). The number of nitrogens with one attached hydrogen (secondary N) is 1. The van der Waals surface area contributed by atoms with Crippen molar-refractivity contribution in [1.82, 2.24) is 9.80 Å². The minimum absolute atomic E-state index is 0.212. The minimum Gasteiger partial charge on any atom is -0.494 e. The summed E-state index contributed by atoms with van der Waals surface area (Å²) < 4.78 is 5.59. The number of para-hydroxylation sites is 1. The Kier molecular flexibility index (Phi) is 9.01. The monoisotopic (exact) mass is 450 g/mol. The van der Waals surface area contributed by atoms with E-state index in [9.17, 15) is 9.59 Å². The van der Waals surface area contributed by atoms with Crippen LogP contribution in [-0.4, -0.2) is 61.1 Å². The van der Waals surface area contributed by atoms with Gasteiger partial charge in [0.2, 0.25) is 0 Å². The van der Waals surface area contributed by atoms with Crippen LogP contribution in [0.25, 0.3) is 6.08 Å². The quantitative estimate of drug-likeness (QED) is 0.571. The van der Waals surface area contributed by atoms with Crippen molar-refractivity contribution in [2.75, 3.05) is 44.6 Å². The fourth-order valence-electron chi connectivity index (χ4n) is 3.91. The number of ether oxygens (including phenoxy) is 1. The highest BCUT2D eigenvalue weighted by molar-refractivity contribution is 5.91. The third kappa shape index (κ3) is 6.89. The fourth-order valence-corrected chi connectivity index (χ4v) is 3.91. The number of amides is 3. The smallest absolute Gasteiger partial charge is 0.321 e. The molecule has 3 rings (SSSR count). The molecule has 1 atom stereocenters. The van der Waals surface area contributed by atoms with E-state index >= 15 is 0 Å². The van der Waals surface area contributed by atoms with Crippen molar-refractivity contribution in [3.63, 3.8) is 0 Å². The lowest BCUT2D eigenvalue weighted by Gasteiger charge is -2.27. The zero-order valence-corrected chi connectivity index (χ0v) is 19.8. The minimum atomic E-state index is -0.496. The van der Waals surface area contributed by atoms with Crippen LogP contribution in [0.5, 0.6) is 5.75 Å². The molecule has 1 aliphatic heterocycles. The van der Waals surface area contributed by atoms with Crippen LogP contribution in [0.15, 0.2) is 53.5 Å². The molecule has 0 bridgehead atoms. The van der Waals surface area contributed by atoms with Gasteiger partial charge in [-0.1, -0.05) is 38.1 Å². The Morgan fingerprint density at radius 3 is 2.52 bits per heavy atom. The highest BCUT2D eigenvalue weighted by atomic mass is 16.5. The molecule has 33 heavy (non-hydrogen) atoms. The van der Waals surface area contributed by atoms with E-state index in [1.54, 1.807) is 11.0 Å². The number of hydrogen-bond donors (Lipinski definition) is 1. The number of hydrogen-bond acceptors (Lipinski definition) is 4. The Balaban J connectivity index is 1.78. The molecule has 2 aromatic rings. The molecule has 1 N–H and O–H groups in total. The molecule has 0 aromatic heterocycles. The molecule has 3 amide bonds. The van der Waals surface area contributed by atoms with Gasteiger partial charge < -0.3 is 19.9 Å². The van der Waals surface area contributed by atoms with Gasteiger partial charge in [-0.3, -0.25) is 4.79 Å². The lowest BCUT2D eigenvalue weighted by Crippen LogP contribution is -2.44.